The molecule has 174 valence electrons. The number of thioether (sulfide) groups is 2. The number of fused-ring (bicyclic) bond motifs is 1. The van der Waals surface area contributed by atoms with Gasteiger partial charge in [-0.05, 0) is 33.1 Å². The summed E-state index contributed by atoms with van der Waals surface area (Å²) in [4.78, 5) is 39.1. The van der Waals surface area contributed by atoms with Gasteiger partial charge in [0, 0.05) is 27.6 Å². The van der Waals surface area contributed by atoms with E-state index in [-0.39, 0.29) is 28.1 Å². The van der Waals surface area contributed by atoms with E-state index in [1.54, 1.807) is 20.8 Å². The van der Waals surface area contributed by atoms with Crippen LogP contribution in [0.5, 0.6) is 0 Å². The topological polar surface area (TPSA) is 110 Å². The fourth-order valence-electron chi connectivity index (χ4n) is 3.33. The molecular weight excluding hydrogens is 462 g/mol. The first kappa shape index (κ1) is 24.6. The van der Waals surface area contributed by atoms with Crippen LogP contribution in [0.4, 0.5) is 0 Å². The molecule has 3 heterocycles. The van der Waals surface area contributed by atoms with Gasteiger partial charge in [0.05, 0.1) is 21.7 Å². The number of hydrogen-bond acceptors (Lipinski definition) is 9. The number of β-lactam (4-membered cyclic amide) rings is 1. The van der Waals surface area contributed by atoms with Crippen LogP contribution in [-0.4, -0.2) is 67.1 Å². The second-order valence-electron chi connectivity index (χ2n) is 8.82. The van der Waals surface area contributed by atoms with Gasteiger partial charge in [0.25, 0.3) is 0 Å². The minimum atomic E-state index is -0.868. The number of esters is 2. The summed E-state index contributed by atoms with van der Waals surface area (Å²) in [5, 5.41) is 9.67. The van der Waals surface area contributed by atoms with E-state index in [4.69, 9.17) is 9.47 Å². The van der Waals surface area contributed by atoms with Crippen LogP contribution in [0, 0.1) is 17.3 Å². The lowest BCUT2D eigenvalue weighted by Gasteiger charge is -2.43. The van der Waals surface area contributed by atoms with Crippen LogP contribution in [0.2, 0.25) is 0 Å². The summed E-state index contributed by atoms with van der Waals surface area (Å²) in [7, 11) is -0.868. The molecule has 0 aliphatic carbocycles. The number of rotatable bonds is 8. The number of carbonyl (C=O) groups is 3. The molecule has 0 aromatic carbocycles. The van der Waals surface area contributed by atoms with Crippen LogP contribution >= 0.6 is 23.5 Å². The fourth-order valence-corrected chi connectivity index (χ4v) is 8.58. The third-order valence-corrected chi connectivity index (χ3v) is 10.7. The SMILES string of the molecule is CC(C)C(C)(C)C(=O)OCOC(=O)C1=C(S[C@H]2CC[S@@](=O)C2)S[C@@H]2[C@@H]([C@@H](C)O)C(=O)N12. The van der Waals surface area contributed by atoms with Crippen molar-refractivity contribution in [3.8, 4) is 0 Å². The molecule has 0 bridgehead atoms. The Kier molecular flexibility index (Phi) is 7.49. The van der Waals surface area contributed by atoms with Gasteiger partial charge in [-0.15, -0.1) is 11.8 Å². The number of aliphatic hydroxyl groups excluding tert-OH is 1. The highest BCUT2D eigenvalue weighted by Gasteiger charge is 2.58. The third-order valence-electron chi connectivity index (χ3n) is 6.12. The largest absolute Gasteiger partial charge is 0.427 e. The average Bonchev–Trinajstić information content (AvgIpc) is 3.22. The standard InChI is InChI=1S/C20H29NO7S3/c1-10(2)20(4,5)19(25)28-9-27-17(24)14-18(29-12-6-7-31(26)8-12)30-16-13(11(3)22)15(23)21(14)16/h10-13,16,22H,6-9H2,1-5H3/t11-,12+,13+,16-,31-/m1/s1. The molecule has 3 aliphatic rings. The van der Waals surface area contributed by atoms with Crippen molar-refractivity contribution in [3.63, 3.8) is 0 Å². The Labute approximate surface area is 193 Å². The summed E-state index contributed by atoms with van der Waals surface area (Å²) in [6.45, 7) is 8.35. The number of aliphatic hydroxyl groups is 1. The molecule has 0 unspecified atom stereocenters. The number of carbonyl (C=O) groups excluding carboxylic acids is 3. The van der Waals surface area contributed by atoms with Gasteiger partial charge < -0.3 is 14.6 Å². The Hall–Kier alpha value is -1.04. The predicted octanol–water partition coefficient (Wildman–Crippen LogP) is 2.05. The van der Waals surface area contributed by atoms with Gasteiger partial charge in [0.2, 0.25) is 12.7 Å². The van der Waals surface area contributed by atoms with Gasteiger partial charge in [0.1, 0.15) is 5.37 Å². The maximum absolute atomic E-state index is 12.9. The first-order chi connectivity index (χ1) is 14.4. The highest BCUT2D eigenvalue weighted by Crippen LogP contribution is 2.55. The zero-order valence-electron chi connectivity index (χ0n) is 18.3. The highest BCUT2D eigenvalue weighted by molar-refractivity contribution is 8.23. The van der Waals surface area contributed by atoms with Gasteiger partial charge in [-0.2, -0.15) is 0 Å². The molecule has 8 nitrogen and oxygen atoms in total. The molecule has 0 radical (unpaired) electrons. The number of hydrogen-bond donors (Lipinski definition) is 1. The van der Waals surface area contributed by atoms with Crippen molar-refractivity contribution in [2.75, 3.05) is 18.3 Å². The zero-order chi connectivity index (χ0) is 23.1. The van der Waals surface area contributed by atoms with Crippen molar-refractivity contribution in [3.05, 3.63) is 9.93 Å². The number of ether oxygens (including phenoxy) is 2. The molecule has 3 rings (SSSR count). The maximum atomic E-state index is 12.9. The second-order valence-corrected chi connectivity index (χ2v) is 13.1. The molecule has 1 amide bonds. The van der Waals surface area contributed by atoms with Crippen molar-refractivity contribution in [1.29, 1.82) is 0 Å². The van der Waals surface area contributed by atoms with Gasteiger partial charge in [-0.3, -0.25) is 18.7 Å². The molecule has 11 heteroatoms. The molecule has 1 N–H and O–H groups in total. The van der Waals surface area contributed by atoms with E-state index in [0.717, 1.165) is 6.42 Å². The van der Waals surface area contributed by atoms with E-state index >= 15 is 0 Å². The Morgan fingerprint density at radius 3 is 2.55 bits per heavy atom. The first-order valence-corrected chi connectivity index (χ1v) is 13.5. The van der Waals surface area contributed by atoms with E-state index in [1.807, 2.05) is 13.8 Å². The normalized spacial score (nSPS) is 29.1. The van der Waals surface area contributed by atoms with Crippen molar-refractivity contribution >= 4 is 52.2 Å². The molecule has 0 saturated carbocycles. The molecule has 31 heavy (non-hydrogen) atoms. The van der Waals surface area contributed by atoms with Gasteiger partial charge in [0.15, 0.2) is 5.70 Å². The Bertz CT molecular complexity index is 824. The van der Waals surface area contributed by atoms with E-state index in [0.29, 0.717) is 15.7 Å². The smallest absolute Gasteiger partial charge is 0.359 e. The van der Waals surface area contributed by atoms with E-state index < -0.39 is 47.0 Å². The number of nitrogens with zero attached hydrogens (tertiary/aromatic N) is 1. The van der Waals surface area contributed by atoms with E-state index in [9.17, 15) is 23.7 Å². The molecular formula is C20H29NO7S3. The third kappa shape index (κ3) is 4.84. The molecule has 2 fully saturated rings. The summed E-state index contributed by atoms with van der Waals surface area (Å²) in [6.07, 6.45) is -0.0645. The summed E-state index contributed by atoms with van der Waals surface area (Å²) in [5.74, 6) is -0.932. The molecule has 3 aliphatic heterocycles. The molecule has 0 aromatic heterocycles. The minimum Gasteiger partial charge on any atom is -0.427 e. The van der Waals surface area contributed by atoms with Crippen LogP contribution in [0.1, 0.15) is 41.0 Å². The molecule has 0 spiro atoms. The fraction of sp³-hybridized carbons (Fsp3) is 0.750. The lowest BCUT2D eigenvalue weighted by Crippen LogP contribution is -2.60. The van der Waals surface area contributed by atoms with Crippen molar-refractivity contribution in [2.24, 2.45) is 17.3 Å². The first-order valence-electron chi connectivity index (χ1n) is 10.2. The van der Waals surface area contributed by atoms with E-state index in [2.05, 4.69) is 0 Å². The second kappa shape index (κ2) is 9.44. The summed E-state index contributed by atoms with van der Waals surface area (Å²) >= 11 is 2.78. The van der Waals surface area contributed by atoms with Crippen LogP contribution in [0.3, 0.4) is 0 Å². The highest BCUT2D eigenvalue weighted by atomic mass is 32.2. The monoisotopic (exact) mass is 491 g/mol. The van der Waals surface area contributed by atoms with Crippen LogP contribution in [0.25, 0.3) is 0 Å². The van der Waals surface area contributed by atoms with Crippen LogP contribution < -0.4 is 0 Å². The Balaban J connectivity index is 1.70. The lowest BCUT2D eigenvalue weighted by atomic mass is 9.81. The van der Waals surface area contributed by atoms with Crippen molar-refractivity contribution in [2.45, 2.75) is 57.8 Å². The average molecular weight is 492 g/mol. The van der Waals surface area contributed by atoms with Gasteiger partial charge in [-0.1, -0.05) is 25.6 Å². The van der Waals surface area contributed by atoms with E-state index in [1.165, 1.54) is 28.4 Å². The van der Waals surface area contributed by atoms with Crippen LogP contribution in [0.15, 0.2) is 9.93 Å². The summed E-state index contributed by atoms with van der Waals surface area (Å²) < 4.78 is 22.7. The predicted molar refractivity (Wildman–Crippen MR) is 120 cm³/mol. The Morgan fingerprint density at radius 2 is 2.00 bits per heavy atom. The van der Waals surface area contributed by atoms with Gasteiger partial charge >= 0.3 is 11.9 Å². The quantitative estimate of drug-likeness (QED) is 0.310. The zero-order valence-corrected chi connectivity index (χ0v) is 20.7. The van der Waals surface area contributed by atoms with Crippen molar-refractivity contribution in [1.82, 2.24) is 4.90 Å². The lowest BCUT2D eigenvalue weighted by molar-refractivity contribution is -0.176. The summed E-state index contributed by atoms with van der Waals surface area (Å²) in [6, 6.07) is 0. The maximum Gasteiger partial charge on any atom is 0.359 e. The molecule has 2 saturated heterocycles. The Morgan fingerprint density at radius 1 is 1.32 bits per heavy atom. The number of amides is 1. The van der Waals surface area contributed by atoms with Crippen molar-refractivity contribution < 1.29 is 33.2 Å². The van der Waals surface area contributed by atoms with Gasteiger partial charge in [-0.25, -0.2) is 4.79 Å². The summed E-state index contributed by atoms with van der Waals surface area (Å²) in [5.41, 5.74) is -0.601. The minimum absolute atomic E-state index is 0.0430. The molecule has 0 aromatic rings. The molecule has 5 atom stereocenters. The van der Waals surface area contributed by atoms with Crippen LogP contribution in [-0.2, 0) is 34.7 Å².